The molecule has 5 nitrogen and oxygen atoms in total. The highest BCUT2D eigenvalue weighted by molar-refractivity contribution is 6.55. The molecule has 1 aliphatic rings. The molecule has 0 aliphatic heterocycles. The molecule has 2 amide bonds. The van der Waals surface area contributed by atoms with Crippen LogP contribution in [-0.2, 0) is 10.2 Å². The predicted octanol–water partition coefficient (Wildman–Crippen LogP) is 6.61. The summed E-state index contributed by atoms with van der Waals surface area (Å²) in [7, 11) is 0. The van der Waals surface area contributed by atoms with Crippen LogP contribution in [-0.4, -0.2) is 21.3 Å². The molecule has 0 bridgehead atoms. The van der Waals surface area contributed by atoms with E-state index in [2.05, 4.69) is 5.32 Å². The van der Waals surface area contributed by atoms with E-state index in [1.807, 2.05) is 0 Å². The molecule has 176 valence electrons. The number of aromatic hydroxyl groups is 1. The van der Waals surface area contributed by atoms with Crippen LogP contribution in [0.1, 0.15) is 33.0 Å². The lowest BCUT2D eigenvalue weighted by Crippen LogP contribution is -2.34. The molecule has 0 aromatic heterocycles. The fourth-order valence-electron chi connectivity index (χ4n) is 4.34. The van der Waals surface area contributed by atoms with Crippen LogP contribution in [0.5, 0.6) is 5.75 Å². The van der Waals surface area contributed by atoms with Gasteiger partial charge in [0.05, 0.1) is 10.6 Å². The zero-order valence-corrected chi connectivity index (χ0v) is 21.3. The lowest BCUT2D eigenvalue weighted by molar-refractivity contribution is -0.120. The van der Waals surface area contributed by atoms with Gasteiger partial charge in [0, 0.05) is 21.7 Å². The Labute approximate surface area is 220 Å². The van der Waals surface area contributed by atoms with Crippen molar-refractivity contribution in [2.45, 2.75) is 22.6 Å². The molecule has 2 atom stereocenters. The summed E-state index contributed by atoms with van der Waals surface area (Å²) in [6.45, 7) is 1.73. The molecule has 0 radical (unpaired) electrons. The number of hydrogen-bond acceptors (Lipinski definition) is 3. The minimum atomic E-state index is -1.62. The summed E-state index contributed by atoms with van der Waals surface area (Å²) in [6.07, 6.45) is 0. The van der Waals surface area contributed by atoms with Crippen molar-refractivity contribution < 1.29 is 14.7 Å². The Bertz CT molecular complexity index is 1320. The number of carbonyl (C=O) groups is 2. The first-order valence-corrected chi connectivity index (χ1v) is 11.8. The van der Waals surface area contributed by atoms with Gasteiger partial charge in [-0.15, -0.1) is 0 Å². The van der Waals surface area contributed by atoms with Gasteiger partial charge in [-0.3, -0.25) is 9.59 Å². The largest absolute Gasteiger partial charge is 0.508 e. The summed E-state index contributed by atoms with van der Waals surface area (Å²) in [6, 6.07) is 13.8. The van der Waals surface area contributed by atoms with Crippen LogP contribution in [0.25, 0.3) is 0 Å². The van der Waals surface area contributed by atoms with E-state index in [4.69, 9.17) is 63.7 Å². The third kappa shape index (κ3) is 4.00. The number of alkyl halides is 2. The van der Waals surface area contributed by atoms with E-state index >= 15 is 0 Å². The van der Waals surface area contributed by atoms with Crippen molar-refractivity contribution in [2.24, 2.45) is 5.73 Å². The molecule has 0 saturated heterocycles. The number of carbonyl (C=O) groups excluding carboxylic acids is 2. The first-order chi connectivity index (χ1) is 15.9. The summed E-state index contributed by atoms with van der Waals surface area (Å²) in [5.74, 6) is -2.01. The number of nitrogens with one attached hydrogen (secondary N) is 1. The number of phenols is 1. The van der Waals surface area contributed by atoms with Crippen molar-refractivity contribution in [1.29, 1.82) is 0 Å². The Morgan fingerprint density at radius 1 is 0.971 bits per heavy atom. The smallest absolute Gasteiger partial charge is 0.257 e. The molecule has 1 aliphatic carbocycles. The molecule has 2 unspecified atom stereocenters. The Morgan fingerprint density at radius 2 is 1.62 bits per heavy atom. The van der Waals surface area contributed by atoms with Crippen LogP contribution in [0.4, 0.5) is 5.69 Å². The molecule has 4 rings (SSSR count). The monoisotopic (exact) mass is 556 g/mol. The molecule has 3 aromatic carbocycles. The van der Waals surface area contributed by atoms with Gasteiger partial charge in [-0.05, 0) is 72.1 Å². The maximum absolute atomic E-state index is 13.1. The number of primary amides is 1. The van der Waals surface area contributed by atoms with Crippen molar-refractivity contribution in [1.82, 2.24) is 0 Å². The number of rotatable bonds is 5. The minimum absolute atomic E-state index is 0.0698. The Kier molecular flexibility index (Phi) is 6.47. The second kappa shape index (κ2) is 8.81. The molecule has 10 heteroatoms. The van der Waals surface area contributed by atoms with Crippen molar-refractivity contribution in [3.8, 4) is 5.75 Å². The first kappa shape index (κ1) is 25.0. The number of amides is 2. The molecule has 4 N–H and O–H groups in total. The first-order valence-electron chi connectivity index (χ1n) is 9.94. The number of halogens is 5. The molecule has 0 spiro atoms. The molecular weight excluding hydrogens is 542 g/mol. The molecular formula is C24H17Cl5N2O3. The second-order valence-corrected chi connectivity index (χ2v) is 10.7. The van der Waals surface area contributed by atoms with Gasteiger partial charge < -0.3 is 16.2 Å². The Morgan fingerprint density at radius 3 is 2.21 bits per heavy atom. The normalized spacial score (nSPS) is 20.6. The summed E-state index contributed by atoms with van der Waals surface area (Å²) >= 11 is 31.9. The highest BCUT2D eigenvalue weighted by Crippen LogP contribution is 2.74. The van der Waals surface area contributed by atoms with Crippen molar-refractivity contribution in [2.75, 3.05) is 5.32 Å². The molecule has 3 aromatic rings. The maximum Gasteiger partial charge on any atom is 0.257 e. The number of hydrogen-bond donors (Lipinski definition) is 3. The highest BCUT2D eigenvalue weighted by atomic mass is 35.5. The number of nitrogens with two attached hydrogens (primary N) is 1. The van der Waals surface area contributed by atoms with E-state index in [0.29, 0.717) is 32.4 Å². The molecule has 1 saturated carbocycles. The van der Waals surface area contributed by atoms with Crippen molar-refractivity contribution in [3.05, 3.63) is 91.9 Å². The second-order valence-electron chi connectivity index (χ2n) is 8.08. The summed E-state index contributed by atoms with van der Waals surface area (Å²) < 4.78 is -1.62. The van der Waals surface area contributed by atoms with Crippen molar-refractivity contribution >= 4 is 75.5 Å². The predicted molar refractivity (Wildman–Crippen MR) is 137 cm³/mol. The summed E-state index contributed by atoms with van der Waals surface area (Å²) in [5.41, 5.74) is 6.35. The molecule has 1 fully saturated rings. The quantitative estimate of drug-likeness (QED) is 0.243. The lowest BCUT2D eigenvalue weighted by atomic mass is 9.88. The topological polar surface area (TPSA) is 92.4 Å². The molecule has 34 heavy (non-hydrogen) atoms. The average molecular weight is 559 g/mol. The van der Waals surface area contributed by atoms with E-state index in [1.165, 1.54) is 24.3 Å². The van der Waals surface area contributed by atoms with Crippen molar-refractivity contribution in [3.63, 3.8) is 0 Å². The number of aryl methyl sites for hydroxylation is 1. The van der Waals surface area contributed by atoms with Gasteiger partial charge in [-0.1, -0.05) is 64.1 Å². The van der Waals surface area contributed by atoms with E-state index in [1.54, 1.807) is 37.3 Å². The van der Waals surface area contributed by atoms with Crippen LogP contribution in [0, 0.1) is 6.92 Å². The third-order valence-corrected chi connectivity index (χ3v) is 7.77. The maximum atomic E-state index is 13.1. The van der Waals surface area contributed by atoms with Gasteiger partial charge in [-0.25, -0.2) is 0 Å². The minimum Gasteiger partial charge on any atom is -0.508 e. The number of benzene rings is 3. The summed E-state index contributed by atoms with van der Waals surface area (Å²) in [4.78, 5) is 25.9. The van der Waals surface area contributed by atoms with Gasteiger partial charge in [0.1, 0.15) is 15.5 Å². The fraction of sp³-hybridized carbons (Fsp3) is 0.167. The SMILES string of the molecule is Cc1cc(O)ccc1NC(=O)c1cc(C2(C(N)=O)C(c3cc(Cl)cc(Cl)c3)C2(Cl)Cl)ccc1Cl. The van der Waals surface area contributed by atoms with Gasteiger partial charge in [0.2, 0.25) is 5.91 Å². The van der Waals surface area contributed by atoms with Crippen LogP contribution in [0.2, 0.25) is 15.1 Å². The van der Waals surface area contributed by atoms with E-state index < -0.39 is 27.5 Å². The van der Waals surface area contributed by atoms with Crippen LogP contribution < -0.4 is 11.1 Å². The zero-order chi connectivity index (χ0) is 25.0. The van der Waals surface area contributed by atoms with Crippen LogP contribution in [0.3, 0.4) is 0 Å². The number of anilines is 1. The standard InChI is InChI=1S/C24H17Cl5N2O3/c1-11-6-16(32)3-5-19(11)31-21(33)17-9-13(2-4-18(17)27)23(22(30)34)20(24(23,28)29)12-7-14(25)10-15(26)8-12/h2-10,20,32H,1H3,(H2,30,34)(H,31,33). The Hall–Kier alpha value is -2.15. The lowest BCUT2D eigenvalue weighted by Gasteiger charge is -2.18. The van der Waals surface area contributed by atoms with E-state index in [0.717, 1.165) is 0 Å². The summed E-state index contributed by atoms with van der Waals surface area (Å²) in [5, 5.41) is 13.2. The van der Waals surface area contributed by atoms with Gasteiger partial charge in [0.15, 0.2) is 0 Å². The van der Waals surface area contributed by atoms with Crippen LogP contribution >= 0.6 is 58.0 Å². The van der Waals surface area contributed by atoms with Crippen LogP contribution in [0.15, 0.2) is 54.6 Å². The van der Waals surface area contributed by atoms with E-state index in [9.17, 15) is 14.7 Å². The number of phenolic OH excluding ortho intramolecular Hbond substituents is 1. The third-order valence-electron chi connectivity index (χ3n) is 5.97. The average Bonchev–Trinajstić information content (AvgIpc) is 3.27. The highest BCUT2D eigenvalue weighted by Gasteiger charge is 2.80. The molecule has 0 heterocycles. The fourth-order valence-corrected chi connectivity index (χ4v) is 6.17. The van der Waals surface area contributed by atoms with Gasteiger partial charge >= 0.3 is 0 Å². The van der Waals surface area contributed by atoms with Gasteiger partial charge in [0.25, 0.3) is 5.91 Å². The van der Waals surface area contributed by atoms with E-state index in [-0.39, 0.29) is 16.3 Å². The van der Waals surface area contributed by atoms with Gasteiger partial charge in [-0.2, -0.15) is 0 Å². The Balaban J connectivity index is 1.78. The zero-order valence-electron chi connectivity index (χ0n) is 17.5.